The standard InChI is InChI=1S/C16H29N3O/c1-12(2)11-20-14-10-13(16(14,3)4)17-7-6-15-18-8-9-19(15)5/h8-9,12-14,17H,6-7,10-11H2,1-5H3. The predicted molar refractivity (Wildman–Crippen MR) is 81.7 cm³/mol. The van der Waals surface area contributed by atoms with Crippen LogP contribution in [0.4, 0.5) is 0 Å². The van der Waals surface area contributed by atoms with Crippen LogP contribution >= 0.6 is 0 Å². The van der Waals surface area contributed by atoms with Gasteiger partial charge < -0.3 is 14.6 Å². The lowest BCUT2D eigenvalue weighted by atomic mass is 9.64. The van der Waals surface area contributed by atoms with Gasteiger partial charge in [0.2, 0.25) is 0 Å². The van der Waals surface area contributed by atoms with Crippen molar-refractivity contribution in [2.75, 3.05) is 13.2 Å². The van der Waals surface area contributed by atoms with Crippen LogP contribution in [-0.2, 0) is 18.2 Å². The first-order chi connectivity index (χ1) is 9.41. The minimum absolute atomic E-state index is 0.233. The van der Waals surface area contributed by atoms with Gasteiger partial charge >= 0.3 is 0 Å². The molecule has 0 amide bonds. The van der Waals surface area contributed by atoms with Crippen LogP contribution in [0.3, 0.4) is 0 Å². The van der Waals surface area contributed by atoms with Crippen LogP contribution in [0.15, 0.2) is 12.4 Å². The van der Waals surface area contributed by atoms with E-state index in [0.717, 1.165) is 31.8 Å². The van der Waals surface area contributed by atoms with Crippen molar-refractivity contribution in [3.8, 4) is 0 Å². The second-order valence-corrected chi connectivity index (χ2v) is 6.98. The summed E-state index contributed by atoms with van der Waals surface area (Å²) in [4.78, 5) is 4.35. The molecule has 1 N–H and O–H groups in total. The highest BCUT2D eigenvalue weighted by atomic mass is 16.5. The normalized spacial score (nSPS) is 24.9. The average Bonchev–Trinajstić information content (AvgIpc) is 2.77. The molecular formula is C16H29N3O. The maximum Gasteiger partial charge on any atom is 0.109 e. The fraction of sp³-hybridized carbons (Fsp3) is 0.812. The van der Waals surface area contributed by atoms with Gasteiger partial charge in [-0.2, -0.15) is 0 Å². The number of ether oxygens (including phenoxy) is 1. The minimum atomic E-state index is 0.233. The molecule has 1 heterocycles. The van der Waals surface area contributed by atoms with Crippen molar-refractivity contribution in [3.05, 3.63) is 18.2 Å². The molecule has 1 aliphatic rings. The summed E-state index contributed by atoms with van der Waals surface area (Å²) in [5, 5.41) is 3.66. The Kier molecular flexibility index (Phi) is 4.86. The molecule has 114 valence electrons. The van der Waals surface area contributed by atoms with Gasteiger partial charge in [0.25, 0.3) is 0 Å². The summed E-state index contributed by atoms with van der Waals surface area (Å²) in [5.41, 5.74) is 0.233. The lowest BCUT2D eigenvalue weighted by Crippen LogP contribution is -2.61. The van der Waals surface area contributed by atoms with Gasteiger partial charge in [0.1, 0.15) is 5.82 Å². The van der Waals surface area contributed by atoms with E-state index in [0.29, 0.717) is 18.1 Å². The fourth-order valence-corrected chi connectivity index (χ4v) is 2.82. The minimum Gasteiger partial charge on any atom is -0.377 e. The van der Waals surface area contributed by atoms with Crippen LogP contribution in [0, 0.1) is 11.3 Å². The molecule has 0 aliphatic heterocycles. The van der Waals surface area contributed by atoms with Crippen LogP contribution < -0.4 is 5.32 Å². The number of hydrogen-bond acceptors (Lipinski definition) is 3. The van der Waals surface area contributed by atoms with Gasteiger partial charge in [0, 0.05) is 50.5 Å². The first-order valence-corrected chi connectivity index (χ1v) is 7.72. The molecule has 1 saturated carbocycles. The predicted octanol–water partition coefficient (Wildman–Crippen LogP) is 2.39. The molecule has 0 radical (unpaired) electrons. The molecule has 4 nitrogen and oxygen atoms in total. The smallest absolute Gasteiger partial charge is 0.109 e. The van der Waals surface area contributed by atoms with E-state index in [-0.39, 0.29) is 5.41 Å². The van der Waals surface area contributed by atoms with Gasteiger partial charge in [0.05, 0.1) is 6.10 Å². The highest BCUT2D eigenvalue weighted by Gasteiger charge is 2.48. The van der Waals surface area contributed by atoms with Gasteiger partial charge in [0.15, 0.2) is 0 Å². The van der Waals surface area contributed by atoms with E-state index in [4.69, 9.17) is 4.74 Å². The van der Waals surface area contributed by atoms with Crippen molar-refractivity contribution in [3.63, 3.8) is 0 Å². The summed E-state index contributed by atoms with van der Waals surface area (Å²) < 4.78 is 8.09. The van der Waals surface area contributed by atoms with Crippen LogP contribution in [0.2, 0.25) is 0 Å². The van der Waals surface area contributed by atoms with E-state index in [1.54, 1.807) is 0 Å². The first kappa shape index (κ1) is 15.5. The summed E-state index contributed by atoms with van der Waals surface area (Å²) >= 11 is 0. The first-order valence-electron chi connectivity index (χ1n) is 7.72. The summed E-state index contributed by atoms with van der Waals surface area (Å²) in [6.45, 7) is 10.9. The van der Waals surface area contributed by atoms with Crippen LogP contribution in [0.25, 0.3) is 0 Å². The number of nitrogens with zero attached hydrogens (tertiary/aromatic N) is 2. The summed E-state index contributed by atoms with van der Waals surface area (Å²) in [7, 11) is 2.05. The third-order valence-electron chi connectivity index (χ3n) is 4.47. The Morgan fingerprint density at radius 3 is 2.80 bits per heavy atom. The maximum atomic E-state index is 6.00. The molecule has 1 aromatic heterocycles. The third-order valence-corrected chi connectivity index (χ3v) is 4.47. The second kappa shape index (κ2) is 6.27. The van der Waals surface area contributed by atoms with Crippen molar-refractivity contribution in [1.29, 1.82) is 0 Å². The Morgan fingerprint density at radius 2 is 2.25 bits per heavy atom. The molecule has 0 spiro atoms. The van der Waals surface area contributed by atoms with Crippen molar-refractivity contribution in [2.45, 2.75) is 52.7 Å². The highest BCUT2D eigenvalue weighted by molar-refractivity contribution is 5.03. The van der Waals surface area contributed by atoms with Crippen LogP contribution in [0.5, 0.6) is 0 Å². The highest BCUT2D eigenvalue weighted by Crippen LogP contribution is 2.42. The number of rotatable bonds is 7. The number of aryl methyl sites for hydroxylation is 1. The fourth-order valence-electron chi connectivity index (χ4n) is 2.82. The molecule has 1 aromatic rings. The van der Waals surface area contributed by atoms with E-state index in [1.807, 2.05) is 19.4 Å². The zero-order chi connectivity index (χ0) is 14.8. The molecule has 0 bridgehead atoms. The molecule has 2 atom stereocenters. The molecular weight excluding hydrogens is 250 g/mol. The van der Waals surface area contributed by atoms with Gasteiger partial charge in [-0.1, -0.05) is 27.7 Å². The maximum absolute atomic E-state index is 6.00. The molecule has 2 rings (SSSR count). The number of imidazole rings is 1. The van der Waals surface area contributed by atoms with Crippen LogP contribution in [-0.4, -0.2) is 34.8 Å². The summed E-state index contributed by atoms with van der Waals surface area (Å²) in [5.74, 6) is 1.75. The van der Waals surface area contributed by atoms with E-state index < -0.39 is 0 Å². The van der Waals surface area contributed by atoms with Gasteiger partial charge in [-0.25, -0.2) is 4.98 Å². The lowest BCUT2D eigenvalue weighted by Gasteiger charge is -2.52. The van der Waals surface area contributed by atoms with Gasteiger partial charge in [-0.05, 0) is 12.3 Å². The third kappa shape index (κ3) is 3.41. The SMILES string of the molecule is CC(C)COC1CC(NCCc2nccn2C)C1(C)C. The molecule has 0 aromatic carbocycles. The van der Waals surface area contributed by atoms with Crippen molar-refractivity contribution in [2.24, 2.45) is 18.4 Å². The number of hydrogen-bond donors (Lipinski definition) is 1. The Balaban J connectivity index is 1.71. The molecule has 1 aliphatic carbocycles. The topological polar surface area (TPSA) is 39.1 Å². The second-order valence-electron chi connectivity index (χ2n) is 6.98. The summed E-state index contributed by atoms with van der Waals surface area (Å²) in [6, 6.07) is 0.555. The number of aromatic nitrogens is 2. The van der Waals surface area contributed by atoms with Gasteiger partial charge in [-0.15, -0.1) is 0 Å². The largest absolute Gasteiger partial charge is 0.377 e. The Morgan fingerprint density at radius 1 is 1.50 bits per heavy atom. The van der Waals surface area contributed by atoms with Crippen molar-refractivity contribution in [1.82, 2.24) is 14.9 Å². The molecule has 2 unspecified atom stereocenters. The Hall–Kier alpha value is -0.870. The molecule has 4 heteroatoms. The van der Waals surface area contributed by atoms with Gasteiger partial charge in [-0.3, -0.25) is 0 Å². The molecule has 1 fully saturated rings. The van der Waals surface area contributed by atoms with Crippen LogP contribution in [0.1, 0.15) is 39.9 Å². The lowest BCUT2D eigenvalue weighted by molar-refractivity contribution is -0.123. The zero-order valence-corrected chi connectivity index (χ0v) is 13.5. The average molecular weight is 279 g/mol. The molecule has 0 saturated heterocycles. The summed E-state index contributed by atoms with van der Waals surface area (Å²) in [6.07, 6.45) is 6.36. The quantitative estimate of drug-likeness (QED) is 0.833. The monoisotopic (exact) mass is 279 g/mol. The Bertz CT molecular complexity index is 425. The van der Waals surface area contributed by atoms with E-state index in [9.17, 15) is 0 Å². The molecule has 20 heavy (non-hydrogen) atoms. The van der Waals surface area contributed by atoms with E-state index in [1.165, 1.54) is 0 Å². The van der Waals surface area contributed by atoms with Crippen molar-refractivity contribution >= 4 is 0 Å². The van der Waals surface area contributed by atoms with E-state index >= 15 is 0 Å². The van der Waals surface area contributed by atoms with E-state index in [2.05, 4.69) is 42.6 Å². The Labute approximate surface area is 122 Å². The zero-order valence-electron chi connectivity index (χ0n) is 13.5. The van der Waals surface area contributed by atoms with Crippen molar-refractivity contribution < 1.29 is 4.74 Å². The number of nitrogens with one attached hydrogen (secondary N) is 1.